The van der Waals surface area contributed by atoms with Crippen molar-refractivity contribution < 1.29 is 13.2 Å². The normalized spacial score (nSPS) is 16.4. The molecule has 1 aliphatic heterocycles. The number of ether oxygens (including phenoxy) is 1. The molecule has 0 fully saturated rings. The molecule has 0 spiro atoms. The molecule has 9 heteroatoms. The standard InChI is InChI=1S/C19H25N3O3S.2ClH/c1-14(22-26(2,23)24)16-9-7-15(8-10-16)11-20-12-17-13-25-19-6-4-3-5-18(19)21-17;;/h3-10,14,17,20-22H,11-13H2,1-2H3;2*1H/t14-,17?;;/m1../s1. The van der Waals surface area contributed by atoms with Crippen LogP contribution < -0.4 is 20.1 Å². The Kier molecular flexibility index (Phi) is 9.53. The van der Waals surface area contributed by atoms with Crippen LogP contribution in [0.15, 0.2) is 48.5 Å². The molecular formula is C19H27Cl2N3O3S. The fraction of sp³-hybridized carbons (Fsp3) is 0.368. The lowest BCUT2D eigenvalue weighted by molar-refractivity contribution is 0.280. The zero-order valence-electron chi connectivity index (χ0n) is 15.8. The number of hydrogen-bond donors (Lipinski definition) is 3. The van der Waals surface area contributed by atoms with Crippen LogP contribution in [0, 0.1) is 0 Å². The van der Waals surface area contributed by atoms with Gasteiger partial charge in [0.2, 0.25) is 10.0 Å². The van der Waals surface area contributed by atoms with Crippen LogP contribution in [0.25, 0.3) is 0 Å². The van der Waals surface area contributed by atoms with E-state index >= 15 is 0 Å². The summed E-state index contributed by atoms with van der Waals surface area (Å²) in [7, 11) is -3.21. The molecule has 156 valence electrons. The molecule has 28 heavy (non-hydrogen) atoms. The maximum Gasteiger partial charge on any atom is 0.209 e. The number of fused-ring (bicyclic) bond motifs is 1. The van der Waals surface area contributed by atoms with Gasteiger partial charge < -0.3 is 15.4 Å². The van der Waals surface area contributed by atoms with E-state index in [9.17, 15) is 8.42 Å². The van der Waals surface area contributed by atoms with E-state index in [4.69, 9.17) is 4.74 Å². The van der Waals surface area contributed by atoms with Crippen molar-refractivity contribution in [3.63, 3.8) is 0 Å². The van der Waals surface area contributed by atoms with Crippen LogP contribution in [-0.4, -0.2) is 33.9 Å². The second kappa shape index (κ2) is 10.9. The number of para-hydroxylation sites is 2. The Morgan fingerprint density at radius 1 is 1.14 bits per heavy atom. The van der Waals surface area contributed by atoms with Gasteiger partial charge in [-0.1, -0.05) is 36.4 Å². The van der Waals surface area contributed by atoms with Crippen LogP contribution in [0.5, 0.6) is 5.75 Å². The monoisotopic (exact) mass is 447 g/mol. The highest BCUT2D eigenvalue weighted by molar-refractivity contribution is 7.88. The van der Waals surface area contributed by atoms with Crippen LogP contribution in [0.3, 0.4) is 0 Å². The van der Waals surface area contributed by atoms with Crippen molar-refractivity contribution >= 4 is 40.5 Å². The third-order valence-corrected chi connectivity index (χ3v) is 5.06. The SMILES string of the molecule is C[C@@H](NS(C)(=O)=O)c1ccc(CNCC2COc3ccccc3N2)cc1.Cl.Cl. The van der Waals surface area contributed by atoms with E-state index in [1.807, 2.05) is 55.5 Å². The zero-order valence-corrected chi connectivity index (χ0v) is 18.3. The summed E-state index contributed by atoms with van der Waals surface area (Å²) in [6.45, 7) is 4.01. The van der Waals surface area contributed by atoms with Gasteiger partial charge >= 0.3 is 0 Å². The lowest BCUT2D eigenvalue weighted by atomic mass is 10.1. The van der Waals surface area contributed by atoms with Crippen molar-refractivity contribution in [2.75, 3.05) is 24.7 Å². The quantitative estimate of drug-likeness (QED) is 0.607. The van der Waals surface area contributed by atoms with E-state index in [0.717, 1.165) is 35.7 Å². The predicted molar refractivity (Wildman–Crippen MR) is 118 cm³/mol. The van der Waals surface area contributed by atoms with Gasteiger partial charge in [0.15, 0.2) is 0 Å². The van der Waals surface area contributed by atoms with E-state index in [0.29, 0.717) is 6.61 Å². The van der Waals surface area contributed by atoms with Crippen molar-refractivity contribution in [1.29, 1.82) is 0 Å². The Hall–Kier alpha value is -1.51. The van der Waals surface area contributed by atoms with E-state index in [-0.39, 0.29) is 36.9 Å². The summed E-state index contributed by atoms with van der Waals surface area (Å²) in [5.74, 6) is 0.899. The first-order valence-electron chi connectivity index (χ1n) is 8.66. The number of rotatable bonds is 7. The molecule has 2 atom stereocenters. The molecule has 1 aliphatic rings. The Bertz CT molecular complexity index is 848. The third kappa shape index (κ3) is 7.14. The highest BCUT2D eigenvalue weighted by atomic mass is 35.5. The molecule has 1 heterocycles. The third-order valence-electron chi connectivity index (χ3n) is 4.28. The number of halogens is 2. The summed E-state index contributed by atoms with van der Waals surface area (Å²) in [5, 5.41) is 6.91. The highest BCUT2D eigenvalue weighted by Crippen LogP contribution is 2.27. The molecule has 6 nitrogen and oxygen atoms in total. The van der Waals surface area contributed by atoms with E-state index in [1.54, 1.807) is 0 Å². The molecule has 0 bridgehead atoms. The van der Waals surface area contributed by atoms with Crippen molar-refractivity contribution in [3.8, 4) is 5.75 Å². The van der Waals surface area contributed by atoms with Crippen molar-refractivity contribution in [2.45, 2.75) is 25.6 Å². The molecule has 0 radical (unpaired) electrons. The van der Waals surface area contributed by atoms with E-state index < -0.39 is 10.0 Å². The Labute approximate surface area is 179 Å². The molecular weight excluding hydrogens is 421 g/mol. The summed E-state index contributed by atoms with van der Waals surface area (Å²) < 4.78 is 31.0. The highest BCUT2D eigenvalue weighted by Gasteiger charge is 2.17. The Morgan fingerprint density at radius 2 is 1.82 bits per heavy atom. The molecule has 3 N–H and O–H groups in total. The van der Waals surface area contributed by atoms with Crippen molar-refractivity contribution in [1.82, 2.24) is 10.0 Å². The smallest absolute Gasteiger partial charge is 0.209 e. The van der Waals surface area contributed by atoms with Crippen molar-refractivity contribution in [3.05, 3.63) is 59.7 Å². The minimum atomic E-state index is -3.21. The second-order valence-electron chi connectivity index (χ2n) is 6.63. The first-order valence-corrected chi connectivity index (χ1v) is 10.5. The van der Waals surface area contributed by atoms with Crippen LogP contribution in [-0.2, 0) is 16.6 Å². The summed E-state index contributed by atoms with van der Waals surface area (Å²) in [5.41, 5.74) is 3.12. The van der Waals surface area contributed by atoms with Gasteiger partial charge in [0.1, 0.15) is 12.4 Å². The first-order chi connectivity index (χ1) is 12.4. The van der Waals surface area contributed by atoms with Gasteiger partial charge in [-0.15, -0.1) is 24.8 Å². The second-order valence-corrected chi connectivity index (χ2v) is 8.41. The Morgan fingerprint density at radius 3 is 2.50 bits per heavy atom. The summed E-state index contributed by atoms with van der Waals surface area (Å²) in [6.07, 6.45) is 1.17. The average molecular weight is 448 g/mol. The minimum Gasteiger partial charge on any atom is -0.489 e. The van der Waals surface area contributed by atoms with E-state index in [1.165, 1.54) is 6.26 Å². The number of sulfonamides is 1. The van der Waals surface area contributed by atoms with Gasteiger partial charge in [-0.25, -0.2) is 13.1 Å². The van der Waals surface area contributed by atoms with Gasteiger partial charge in [-0.3, -0.25) is 0 Å². The lowest BCUT2D eigenvalue weighted by Gasteiger charge is -2.27. The molecule has 0 aromatic heterocycles. The molecule has 3 rings (SSSR count). The Balaban J connectivity index is 0.00000196. The first kappa shape index (κ1) is 24.5. The molecule has 1 unspecified atom stereocenters. The van der Waals surface area contributed by atoms with Gasteiger partial charge in [0.05, 0.1) is 18.0 Å². The van der Waals surface area contributed by atoms with E-state index in [2.05, 4.69) is 15.4 Å². The largest absolute Gasteiger partial charge is 0.489 e. The maximum atomic E-state index is 11.3. The van der Waals surface area contributed by atoms with Gasteiger partial charge in [-0.2, -0.15) is 0 Å². The molecule has 0 saturated carbocycles. The number of anilines is 1. The summed E-state index contributed by atoms with van der Waals surface area (Å²) in [4.78, 5) is 0. The topological polar surface area (TPSA) is 79.5 Å². The van der Waals surface area contributed by atoms with Crippen LogP contribution in [0.1, 0.15) is 24.1 Å². The number of benzene rings is 2. The number of hydrogen-bond acceptors (Lipinski definition) is 5. The van der Waals surface area contributed by atoms with Gasteiger partial charge in [0.25, 0.3) is 0 Å². The molecule has 0 amide bonds. The summed E-state index contributed by atoms with van der Waals surface area (Å²) >= 11 is 0. The fourth-order valence-electron chi connectivity index (χ4n) is 2.98. The predicted octanol–water partition coefficient (Wildman–Crippen LogP) is 3.10. The maximum absolute atomic E-state index is 11.3. The molecule has 0 aliphatic carbocycles. The van der Waals surface area contributed by atoms with Crippen LogP contribution in [0.2, 0.25) is 0 Å². The minimum absolute atomic E-state index is 0. The zero-order chi connectivity index (χ0) is 18.6. The fourth-order valence-corrected chi connectivity index (χ4v) is 3.76. The summed E-state index contributed by atoms with van der Waals surface area (Å²) in [6, 6.07) is 15.9. The van der Waals surface area contributed by atoms with Gasteiger partial charge in [0, 0.05) is 19.1 Å². The molecule has 2 aromatic carbocycles. The van der Waals surface area contributed by atoms with Crippen molar-refractivity contribution in [2.24, 2.45) is 0 Å². The molecule has 2 aromatic rings. The lowest BCUT2D eigenvalue weighted by Crippen LogP contribution is -2.39. The van der Waals surface area contributed by atoms with Gasteiger partial charge in [-0.05, 0) is 30.2 Å². The van der Waals surface area contributed by atoms with Crippen LogP contribution >= 0.6 is 24.8 Å². The average Bonchev–Trinajstić information content (AvgIpc) is 2.61. The van der Waals surface area contributed by atoms with Crippen LogP contribution in [0.4, 0.5) is 5.69 Å². The molecule has 0 saturated heterocycles. The number of nitrogens with one attached hydrogen (secondary N) is 3.